The van der Waals surface area contributed by atoms with Crippen LogP contribution in [0.15, 0.2) is 54.6 Å². The van der Waals surface area contributed by atoms with Crippen molar-refractivity contribution in [3.8, 4) is 0 Å². The van der Waals surface area contributed by atoms with Gasteiger partial charge in [-0.3, -0.25) is 4.79 Å². The van der Waals surface area contributed by atoms with Gasteiger partial charge < -0.3 is 9.64 Å². The molecule has 1 heterocycles. The molecule has 2 aromatic carbocycles. The molecule has 0 aliphatic carbocycles. The molecule has 0 saturated carbocycles. The van der Waals surface area contributed by atoms with Crippen LogP contribution in [-0.2, 0) is 22.6 Å². The molecular weight excluding hydrogens is 317 g/mol. The summed E-state index contributed by atoms with van der Waals surface area (Å²) in [5.74, 6) is -0.0708. The lowest BCUT2D eigenvalue weighted by Crippen LogP contribution is -2.40. The molecule has 1 saturated heterocycles. The second-order valence-corrected chi connectivity index (χ2v) is 6.50. The molecule has 4 heteroatoms. The Balaban J connectivity index is 1.38. The molecule has 25 heavy (non-hydrogen) atoms. The van der Waals surface area contributed by atoms with E-state index in [9.17, 15) is 9.18 Å². The van der Waals surface area contributed by atoms with Crippen LogP contribution in [0, 0.1) is 5.82 Å². The number of amides is 1. The van der Waals surface area contributed by atoms with Gasteiger partial charge in [0.15, 0.2) is 0 Å². The summed E-state index contributed by atoms with van der Waals surface area (Å²) in [6, 6.07) is 16.5. The number of hydrogen-bond donors (Lipinski definition) is 0. The summed E-state index contributed by atoms with van der Waals surface area (Å²) >= 11 is 0. The van der Waals surface area contributed by atoms with Gasteiger partial charge in [0, 0.05) is 19.5 Å². The highest BCUT2D eigenvalue weighted by atomic mass is 19.1. The predicted octanol–water partition coefficient (Wildman–Crippen LogP) is 3.97. The zero-order chi connectivity index (χ0) is 17.5. The number of halogens is 1. The van der Waals surface area contributed by atoms with E-state index in [1.165, 1.54) is 17.7 Å². The van der Waals surface area contributed by atoms with Gasteiger partial charge in [0.05, 0.1) is 12.7 Å². The molecule has 0 spiro atoms. The fraction of sp³-hybridized carbons (Fsp3) is 0.381. The molecule has 2 aromatic rings. The molecule has 0 atom stereocenters. The van der Waals surface area contributed by atoms with E-state index < -0.39 is 0 Å². The second kappa shape index (κ2) is 8.77. The van der Waals surface area contributed by atoms with Crippen molar-refractivity contribution in [3.63, 3.8) is 0 Å². The molecule has 1 amide bonds. The number of piperidine rings is 1. The summed E-state index contributed by atoms with van der Waals surface area (Å²) < 4.78 is 18.9. The van der Waals surface area contributed by atoms with Gasteiger partial charge in [0.25, 0.3) is 0 Å². The molecule has 0 unspecified atom stereocenters. The Morgan fingerprint density at radius 2 is 1.68 bits per heavy atom. The summed E-state index contributed by atoms with van der Waals surface area (Å²) in [7, 11) is 0. The number of likely N-dealkylation sites (tertiary alicyclic amines) is 1. The van der Waals surface area contributed by atoms with Gasteiger partial charge in [-0.05, 0) is 42.5 Å². The van der Waals surface area contributed by atoms with E-state index in [1.54, 1.807) is 12.1 Å². The number of nitrogens with zero attached hydrogens (tertiary/aromatic N) is 1. The topological polar surface area (TPSA) is 29.5 Å². The third-order valence-corrected chi connectivity index (χ3v) is 4.66. The van der Waals surface area contributed by atoms with E-state index in [4.69, 9.17) is 4.74 Å². The minimum atomic E-state index is -0.243. The zero-order valence-corrected chi connectivity index (χ0v) is 14.4. The summed E-state index contributed by atoms with van der Waals surface area (Å²) in [5.41, 5.74) is 2.18. The van der Waals surface area contributed by atoms with Crippen molar-refractivity contribution in [3.05, 3.63) is 71.5 Å². The second-order valence-electron chi connectivity index (χ2n) is 6.50. The van der Waals surface area contributed by atoms with Crippen LogP contribution in [0.2, 0.25) is 0 Å². The average molecular weight is 341 g/mol. The molecule has 0 radical (unpaired) electrons. The molecule has 1 aliphatic heterocycles. The van der Waals surface area contributed by atoms with E-state index in [0.29, 0.717) is 19.4 Å². The van der Waals surface area contributed by atoms with Gasteiger partial charge in [-0.2, -0.15) is 0 Å². The SMILES string of the molecule is O=C(CCc1ccc(F)cc1)N1CCC(OCc2ccccc2)CC1. The normalized spacial score (nSPS) is 15.3. The van der Waals surface area contributed by atoms with E-state index in [0.717, 1.165) is 31.5 Å². The molecular formula is C21H24FNO2. The van der Waals surface area contributed by atoms with Crippen molar-refractivity contribution in [2.75, 3.05) is 13.1 Å². The first kappa shape index (κ1) is 17.6. The van der Waals surface area contributed by atoms with Crippen molar-refractivity contribution in [2.45, 2.75) is 38.4 Å². The van der Waals surface area contributed by atoms with Crippen LogP contribution in [0.3, 0.4) is 0 Å². The van der Waals surface area contributed by atoms with Crippen LogP contribution >= 0.6 is 0 Å². The van der Waals surface area contributed by atoms with Crippen LogP contribution < -0.4 is 0 Å². The highest BCUT2D eigenvalue weighted by Crippen LogP contribution is 2.17. The first-order valence-corrected chi connectivity index (χ1v) is 8.88. The van der Waals surface area contributed by atoms with Crippen LogP contribution in [0.1, 0.15) is 30.4 Å². The smallest absolute Gasteiger partial charge is 0.222 e. The molecule has 1 fully saturated rings. The molecule has 0 aromatic heterocycles. The number of ether oxygens (including phenoxy) is 1. The average Bonchev–Trinajstić information content (AvgIpc) is 2.67. The maximum absolute atomic E-state index is 12.9. The molecule has 0 N–H and O–H groups in total. The van der Waals surface area contributed by atoms with Crippen LogP contribution in [-0.4, -0.2) is 30.0 Å². The number of rotatable bonds is 6. The minimum absolute atomic E-state index is 0.172. The van der Waals surface area contributed by atoms with E-state index in [2.05, 4.69) is 12.1 Å². The monoisotopic (exact) mass is 341 g/mol. The third-order valence-electron chi connectivity index (χ3n) is 4.66. The van der Waals surface area contributed by atoms with Crippen LogP contribution in [0.4, 0.5) is 4.39 Å². The van der Waals surface area contributed by atoms with Crippen molar-refractivity contribution in [1.29, 1.82) is 0 Å². The Morgan fingerprint density at radius 3 is 2.36 bits per heavy atom. The summed E-state index contributed by atoms with van der Waals surface area (Å²) in [4.78, 5) is 14.3. The Hall–Kier alpha value is -2.20. The van der Waals surface area contributed by atoms with Gasteiger partial charge in [-0.25, -0.2) is 4.39 Å². The molecule has 0 bridgehead atoms. The predicted molar refractivity (Wildman–Crippen MR) is 95.6 cm³/mol. The maximum atomic E-state index is 12.9. The van der Waals surface area contributed by atoms with Gasteiger partial charge in [0.1, 0.15) is 5.82 Å². The number of carbonyl (C=O) groups is 1. The largest absolute Gasteiger partial charge is 0.373 e. The first-order valence-electron chi connectivity index (χ1n) is 8.88. The van der Waals surface area contributed by atoms with Crippen molar-refractivity contribution >= 4 is 5.91 Å². The first-order chi connectivity index (χ1) is 12.2. The third kappa shape index (κ3) is 5.40. The van der Waals surface area contributed by atoms with Crippen LogP contribution in [0.5, 0.6) is 0 Å². The van der Waals surface area contributed by atoms with Gasteiger partial charge in [-0.15, -0.1) is 0 Å². The Morgan fingerprint density at radius 1 is 1.00 bits per heavy atom. The van der Waals surface area contributed by atoms with E-state index in [-0.39, 0.29) is 17.8 Å². The van der Waals surface area contributed by atoms with Crippen molar-refractivity contribution < 1.29 is 13.9 Å². The van der Waals surface area contributed by atoms with Gasteiger partial charge in [0.2, 0.25) is 5.91 Å². The summed E-state index contributed by atoms with van der Waals surface area (Å²) in [5, 5.41) is 0. The molecule has 132 valence electrons. The lowest BCUT2D eigenvalue weighted by Gasteiger charge is -2.32. The standard InChI is InChI=1S/C21H24FNO2/c22-19-9-6-17(7-10-19)8-11-21(24)23-14-12-20(13-15-23)25-16-18-4-2-1-3-5-18/h1-7,9-10,20H,8,11-16H2. The van der Waals surface area contributed by atoms with E-state index >= 15 is 0 Å². The number of benzene rings is 2. The highest BCUT2D eigenvalue weighted by molar-refractivity contribution is 5.76. The molecule has 1 aliphatic rings. The maximum Gasteiger partial charge on any atom is 0.222 e. The quantitative estimate of drug-likeness (QED) is 0.796. The van der Waals surface area contributed by atoms with Crippen molar-refractivity contribution in [2.24, 2.45) is 0 Å². The van der Waals surface area contributed by atoms with E-state index in [1.807, 2.05) is 23.1 Å². The van der Waals surface area contributed by atoms with Crippen molar-refractivity contribution in [1.82, 2.24) is 4.90 Å². The van der Waals surface area contributed by atoms with Gasteiger partial charge >= 0.3 is 0 Å². The fourth-order valence-corrected chi connectivity index (χ4v) is 3.12. The Bertz CT molecular complexity index is 664. The lowest BCUT2D eigenvalue weighted by atomic mass is 10.1. The van der Waals surface area contributed by atoms with Gasteiger partial charge in [-0.1, -0.05) is 42.5 Å². The highest BCUT2D eigenvalue weighted by Gasteiger charge is 2.22. The molecule has 3 nitrogen and oxygen atoms in total. The Labute approximate surface area is 148 Å². The summed E-state index contributed by atoms with van der Waals surface area (Å²) in [6.07, 6.45) is 3.12. The zero-order valence-electron chi connectivity index (χ0n) is 14.4. The number of carbonyl (C=O) groups excluding carboxylic acids is 1. The Kier molecular flexibility index (Phi) is 6.18. The fourth-order valence-electron chi connectivity index (χ4n) is 3.12. The minimum Gasteiger partial charge on any atom is -0.373 e. The lowest BCUT2D eigenvalue weighted by molar-refractivity contribution is -0.134. The number of aryl methyl sites for hydroxylation is 1. The number of hydrogen-bond acceptors (Lipinski definition) is 2. The molecule has 3 rings (SSSR count). The van der Waals surface area contributed by atoms with Crippen LogP contribution in [0.25, 0.3) is 0 Å². The summed E-state index contributed by atoms with van der Waals surface area (Å²) in [6.45, 7) is 2.13.